The lowest BCUT2D eigenvalue weighted by molar-refractivity contribution is -0.137. The summed E-state index contributed by atoms with van der Waals surface area (Å²) in [4.78, 5) is 28.1. The smallest absolute Gasteiger partial charge is 0.378 e. The summed E-state index contributed by atoms with van der Waals surface area (Å²) >= 11 is 0. The van der Waals surface area contributed by atoms with Crippen molar-refractivity contribution in [1.82, 2.24) is 14.0 Å². The number of para-hydroxylation sites is 1. The van der Waals surface area contributed by atoms with Crippen molar-refractivity contribution >= 4 is 5.91 Å². The zero-order valence-corrected chi connectivity index (χ0v) is 16.7. The Morgan fingerprint density at radius 2 is 1.58 bits per heavy atom. The van der Waals surface area contributed by atoms with Gasteiger partial charge in [-0.3, -0.25) is 13.9 Å². The second-order valence-electron chi connectivity index (χ2n) is 7.19. The molecule has 1 amide bonds. The number of nitrogens with zero attached hydrogens (tertiary/aromatic N) is 3. The first-order valence-corrected chi connectivity index (χ1v) is 9.71. The molecule has 0 aliphatic carbocycles. The van der Waals surface area contributed by atoms with E-state index in [4.69, 9.17) is 4.74 Å². The molecule has 1 aliphatic heterocycles. The van der Waals surface area contributed by atoms with E-state index in [0.29, 0.717) is 37.6 Å². The van der Waals surface area contributed by atoms with Crippen molar-refractivity contribution in [2.45, 2.75) is 6.18 Å². The number of benzene rings is 2. The van der Waals surface area contributed by atoms with Crippen LogP contribution in [-0.4, -0.2) is 46.2 Å². The highest BCUT2D eigenvalue weighted by molar-refractivity contribution is 5.99. The number of rotatable bonds is 3. The second-order valence-corrected chi connectivity index (χ2v) is 7.19. The number of carbonyl (C=O) groups excluding carboxylic acids is 1. The maximum Gasteiger partial charge on any atom is 0.416 e. The SMILES string of the molecule is Cn1c(C(=O)N2CCOCC2)c(-c2ccc(C(F)(F)F)cc2)n(-c2ccccc2)c1=O. The Morgan fingerprint density at radius 1 is 0.968 bits per heavy atom. The number of ether oxygens (including phenoxy) is 1. The molecule has 1 saturated heterocycles. The fourth-order valence-corrected chi connectivity index (χ4v) is 3.67. The molecule has 1 fully saturated rings. The Hall–Kier alpha value is -3.33. The monoisotopic (exact) mass is 431 g/mol. The fraction of sp³-hybridized carbons (Fsp3) is 0.273. The minimum Gasteiger partial charge on any atom is -0.378 e. The second kappa shape index (κ2) is 8.07. The Kier molecular flexibility index (Phi) is 5.45. The van der Waals surface area contributed by atoms with Gasteiger partial charge in [0.2, 0.25) is 0 Å². The summed E-state index contributed by atoms with van der Waals surface area (Å²) in [5, 5.41) is 0. The molecule has 0 bridgehead atoms. The molecular formula is C22H20F3N3O3. The standard InChI is InChI=1S/C22H20F3N3O3/c1-26-19(20(29)27-11-13-31-14-12-27)18(15-7-9-16(10-8-15)22(23,24)25)28(21(26)30)17-5-3-2-4-6-17/h2-10H,11-14H2,1H3. The number of halogens is 3. The van der Waals surface area contributed by atoms with Gasteiger partial charge >= 0.3 is 11.9 Å². The van der Waals surface area contributed by atoms with E-state index in [9.17, 15) is 22.8 Å². The van der Waals surface area contributed by atoms with Gasteiger partial charge in [-0.15, -0.1) is 0 Å². The molecule has 2 heterocycles. The molecule has 0 saturated carbocycles. The summed E-state index contributed by atoms with van der Waals surface area (Å²) in [6.45, 7) is 1.51. The molecule has 2 aromatic carbocycles. The molecule has 4 rings (SSSR count). The van der Waals surface area contributed by atoms with Crippen molar-refractivity contribution in [3.8, 4) is 16.9 Å². The molecule has 1 aromatic heterocycles. The Morgan fingerprint density at radius 3 is 2.16 bits per heavy atom. The maximum atomic E-state index is 13.4. The highest BCUT2D eigenvalue weighted by atomic mass is 19.4. The topological polar surface area (TPSA) is 56.5 Å². The van der Waals surface area contributed by atoms with E-state index in [1.807, 2.05) is 0 Å². The van der Waals surface area contributed by atoms with Gasteiger partial charge in [-0.05, 0) is 24.3 Å². The number of imidazole rings is 1. The summed E-state index contributed by atoms with van der Waals surface area (Å²) in [5.74, 6) is -0.368. The normalized spacial score (nSPS) is 14.6. The van der Waals surface area contributed by atoms with Crippen molar-refractivity contribution in [3.63, 3.8) is 0 Å². The molecule has 162 valence electrons. The quantitative estimate of drug-likeness (QED) is 0.639. The minimum atomic E-state index is -4.49. The fourth-order valence-electron chi connectivity index (χ4n) is 3.67. The van der Waals surface area contributed by atoms with Crippen LogP contribution in [0.25, 0.3) is 16.9 Å². The summed E-state index contributed by atoms with van der Waals surface area (Å²) < 4.78 is 47.1. The minimum absolute atomic E-state index is 0.121. The van der Waals surface area contributed by atoms with E-state index in [2.05, 4.69) is 0 Å². The molecule has 1 aliphatic rings. The molecule has 0 radical (unpaired) electrons. The van der Waals surface area contributed by atoms with Crippen LogP contribution in [0.5, 0.6) is 0 Å². The molecule has 0 unspecified atom stereocenters. The van der Waals surface area contributed by atoms with Gasteiger partial charge in [0.25, 0.3) is 5.91 Å². The number of amides is 1. The van der Waals surface area contributed by atoms with Crippen molar-refractivity contribution in [1.29, 1.82) is 0 Å². The van der Waals surface area contributed by atoms with Gasteiger partial charge in [-0.2, -0.15) is 13.2 Å². The van der Waals surface area contributed by atoms with E-state index < -0.39 is 17.4 Å². The van der Waals surface area contributed by atoms with Gasteiger partial charge in [-0.25, -0.2) is 4.79 Å². The van der Waals surface area contributed by atoms with Gasteiger partial charge < -0.3 is 9.64 Å². The van der Waals surface area contributed by atoms with E-state index >= 15 is 0 Å². The van der Waals surface area contributed by atoms with Crippen LogP contribution in [0.15, 0.2) is 59.4 Å². The molecular weight excluding hydrogens is 411 g/mol. The van der Waals surface area contributed by atoms with Gasteiger partial charge in [0, 0.05) is 25.7 Å². The average Bonchev–Trinajstić information content (AvgIpc) is 3.04. The summed E-state index contributed by atoms with van der Waals surface area (Å²) in [6, 6.07) is 13.2. The third-order valence-corrected chi connectivity index (χ3v) is 5.26. The lowest BCUT2D eigenvalue weighted by Gasteiger charge is -2.27. The van der Waals surface area contributed by atoms with Crippen LogP contribution in [0, 0.1) is 0 Å². The molecule has 0 spiro atoms. The molecule has 9 heteroatoms. The number of hydrogen-bond acceptors (Lipinski definition) is 3. The van der Waals surface area contributed by atoms with E-state index in [1.165, 1.54) is 28.3 Å². The van der Waals surface area contributed by atoms with Gasteiger partial charge in [0.05, 0.1) is 30.2 Å². The summed E-state index contributed by atoms with van der Waals surface area (Å²) in [7, 11) is 1.49. The maximum absolute atomic E-state index is 13.4. The van der Waals surface area contributed by atoms with Gasteiger partial charge in [0.15, 0.2) is 0 Å². The van der Waals surface area contributed by atoms with Crippen LogP contribution >= 0.6 is 0 Å². The molecule has 3 aromatic rings. The third-order valence-electron chi connectivity index (χ3n) is 5.26. The highest BCUT2D eigenvalue weighted by Crippen LogP contribution is 2.33. The molecule has 31 heavy (non-hydrogen) atoms. The van der Waals surface area contributed by atoms with Gasteiger partial charge in [-0.1, -0.05) is 30.3 Å². The number of alkyl halides is 3. The van der Waals surface area contributed by atoms with Crippen LogP contribution in [-0.2, 0) is 18.0 Å². The first kappa shape index (κ1) is 20.9. The van der Waals surface area contributed by atoms with Crippen molar-refractivity contribution in [2.24, 2.45) is 7.05 Å². The first-order valence-electron chi connectivity index (χ1n) is 9.71. The molecule has 0 atom stereocenters. The van der Waals surface area contributed by atoms with Crippen LogP contribution in [0.2, 0.25) is 0 Å². The predicted octanol–water partition coefficient (Wildman–Crippen LogP) is 3.33. The summed E-state index contributed by atoms with van der Waals surface area (Å²) in [6.07, 6.45) is -4.49. The van der Waals surface area contributed by atoms with E-state index in [1.54, 1.807) is 35.2 Å². The van der Waals surface area contributed by atoms with E-state index in [-0.39, 0.29) is 17.3 Å². The van der Waals surface area contributed by atoms with Crippen LogP contribution in [0.1, 0.15) is 16.1 Å². The third kappa shape index (κ3) is 3.88. The van der Waals surface area contributed by atoms with Crippen LogP contribution in [0.3, 0.4) is 0 Å². The summed E-state index contributed by atoms with van der Waals surface area (Å²) in [5.41, 5.74) is -0.0378. The first-order chi connectivity index (χ1) is 14.8. The number of morpholine rings is 1. The average molecular weight is 431 g/mol. The van der Waals surface area contributed by atoms with Crippen LogP contribution in [0.4, 0.5) is 13.2 Å². The Balaban J connectivity index is 1.93. The molecule has 0 N–H and O–H groups in total. The van der Waals surface area contributed by atoms with Gasteiger partial charge in [0.1, 0.15) is 5.69 Å². The zero-order chi connectivity index (χ0) is 22.2. The van der Waals surface area contributed by atoms with E-state index in [0.717, 1.165) is 12.1 Å². The zero-order valence-electron chi connectivity index (χ0n) is 16.7. The number of aromatic nitrogens is 2. The van der Waals surface area contributed by atoms with Crippen LogP contribution < -0.4 is 5.69 Å². The predicted molar refractivity (Wildman–Crippen MR) is 108 cm³/mol. The van der Waals surface area contributed by atoms with Crippen molar-refractivity contribution in [2.75, 3.05) is 26.3 Å². The molecule has 6 nitrogen and oxygen atoms in total. The Bertz CT molecular complexity index is 1140. The van der Waals surface area contributed by atoms with Crippen molar-refractivity contribution in [3.05, 3.63) is 76.3 Å². The number of carbonyl (C=O) groups is 1. The lowest BCUT2D eigenvalue weighted by atomic mass is 10.1. The highest BCUT2D eigenvalue weighted by Gasteiger charge is 2.32. The number of hydrogen-bond donors (Lipinski definition) is 0. The largest absolute Gasteiger partial charge is 0.416 e. The van der Waals surface area contributed by atoms with Crippen molar-refractivity contribution < 1.29 is 22.7 Å². The lowest BCUT2D eigenvalue weighted by Crippen LogP contribution is -2.41. The Labute approximate surface area is 176 Å².